The van der Waals surface area contributed by atoms with Crippen LogP contribution in [0.3, 0.4) is 0 Å². The Kier molecular flexibility index (Phi) is 3.91. The third kappa shape index (κ3) is 2.54. The molecule has 2 N–H and O–H groups in total. The second kappa shape index (κ2) is 5.40. The molecule has 2 aromatic rings. The first-order valence-electron chi connectivity index (χ1n) is 5.39. The van der Waals surface area contributed by atoms with Crippen molar-refractivity contribution in [1.29, 1.82) is 0 Å². The predicted molar refractivity (Wildman–Crippen MR) is 78.7 cm³/mol. The maximum absolute atomic E-state index is 11.3. The quantitative estimate of drug-likeness (QED) is 0.621. The van der Waals surface area contributed by atoms with Crippen LogP contribution in [0.5, 0.6) is 5.75 Å². The van der Waals surface area contributed by atoms with Gasteiger partial charge in [0.1, 0.15) is 5.75 Å². The minimum absolute atomic E-state index is 0.0128. The molecule has 0 heterocycles. The lowest BCUT2D eigenvalue weighted by molar-refractivity contribution is 0.476. The molecular formula is C10H7N3O7S2. The van der Waals surface area contributed by atoms with Gasteiger partial charge in [-0.15, -0.1) is 14.7 Å². The lowest BCUT2D eigenvalue weighted by Gasteiger charge is -2.17. The maximum atomic E-state index is 11.3. The monoisotopic (exact) mass is 345 g/mol. The van der Waals surface area contributed by atoms with Gasteiger partial charge in [0.15, 0.2) is 10.6 Å². The van der Waals surface area contributed by atoms with Crippen molar-refractivity contribution in [1.82, 2.24) is 0 Å². The molecule has 0 aliphatic heterocycles. The first kappa shape index (κ1) is 15.9. The molecule has 116 valence electrons. The van der Waals surface area contributed by atoms with E-state index in [-0.39, 0.29) is 16.5 Å². The molecule has 0 unspecified atom stereocenters. The SMILES string of the molecule is O=NS(N=O)(N=O)c1cc(S(=O)(=O)O)cc2ccc(O)cc12. The zero-order chi connectivity index (χ0) is 16.5. The number of fused-ring (bicyclic) bond motifs is 1. The van der Waals surface area contributed by atoms with Crippen molar-refractivity contribution in [3.05, 3.63) is 45.1 Å². The smallest absolute Gasteiger partial charge is 0.294 e. The lowest BCUT2D eigenvalue weighted by atomic mass is 10.1. The number of nitroso groups, excluding NO2 is 3. The van der Waals surface area contributed by atoms with Crippen molar-refractivity contribution in [3.8, 4) is 5.75 Å². The van der Waals surface area contributed by atoms with Gasteiger partial charge in [-0.05, 0) is 29.7 Å². The van der Waals surface area contributed by atoms with Crippen LogP contribution in [-0.2, 0) is 10.1 Å². The van der Waals surface area contributed by atoms with E-state index < -0.39 is 30.5 Å². The summed E-state index contributed by atoms with van der Waals surface area (Å²) in [5.41, 5.74) is 0. The summed E-state index contributed by atoms with van der Waals surface area (Å²) in [4.78, 5) is 31.5. The maximum Gasteiger partial charge on any atom is 0.294 e. The van der Waals surface area contributed by atoms with Crippen molar-refractivity contribution < 1.29 is 18.1 Å². The molecule has 0 bridgehead atoms. The van der Waals surface area contributed by atoms with E-state index in [1.165, 1.54) is 12.1 Å². The Bertz CT molecular complexity index is 875. The molecule has 0 saturated heterocycles. The largest absolute Gasteiger partial charge is 0.508 e. The summed E-state index contributed by atoms with van der Waals surface area (Å²) in [6.07, 6.45) is 0. The van der Waals surface area contributed by atoms with Crippen molar-refractivity contribution in [3.63, 3.8) is 0 Å². The normalized spacial score (nSPS) is 12.8. The Morgan fingerprint density at radius 1 is 0.909 bits per heavy atom. The van der Waals surface area contributed by atoms with Gasteiger partial charge in [0, 0.05) is 19.1 Å². The molecule has 0 spiro atoms. The van der Waals surface area contributed by atoms with Gasteiger partial charge in [-0.2, -0.15) is 8.42 Å². The molecule has 0 atom stereocenters. The van der Waals surface area contributed by atoms with Gasteiger partial charge in [-0.1, -0.05) is 6.07 Å². The Labute approximate surface area is 124 Å². The first-order chi connectivity index (χ1) is 10.3. The molecule has 0 radical (unpaired) electrons. The van der Waals surface area contributed by atoms with Crippen molar-refractivity contribution >= 4 is 31.5 Å². The van der Waals surface area contributed by atoms with Gasteiger partial charge in [0.25, 0.3) is 10.1 Å². The minimum atomic E-state index is -4.69. The first-order valence-corrected chi connectivity index (χ1v) is 8.33. The van der Waals surface area contributed by atoms with Crippen LogP contribution in [0.15, 0.2) is 53.9 Å². The highest BCUT2D eigenvalue weighted by atomic mass is 32.3. The van der Waals surface area contributed by atoms with Crippen LogP contribution in [0.4, 0.5) is 0 Å². The Morgan fingerprint density at radius 2 is 1.50 bits per heavy atom. The highest BCUT2D eigenvalue weighted by Gasteiger charge is 2.35. The summed E-state index contributed by atoms with van der Waals surface area (Å²) < 4.78 is 38.7. The summed E-state index contributed by atoms with van der Waals surface area (Å²) >= 11 is 0. The molecular weight excluding hydrogens is 338 g/mol. The zero-order valence-electron chi connectivity index (χ0n) is 10.5. The summed E-state index contributed by atoms with van der Waals surface area (Å²) in [6, 6.07) is 5.28. The number of benzene rings is 2. The van der Waals surface area contributed by atoms with Crippen molar-refractivity contribution in [2.75, 3.05) is 0 Å². The van der Waals surface area contributed by atoms with E-state index in [0.717, 1.165) is 12.1 Å². The average molecular weight is 345 g/mol. The molecule has 12 heteroatoms. The van der Waals surface area contributed by atoms with Gasteiger partial charge >= 0.3 is 0 Å². The number of rotatable bonds is 5. The Hall–Kier alpha value is -2.44. The van der Waals surface area contributed by atoms with Crippen LogP contribution >= 0.6 is 10.6 Å². The summed E-state index contributed by atoms with van der Waals surface area (Å²) in [5.74, 6) is -0.274. The van der Waals surface area contributed by atoms with E-state index in [9.17, 15) is 28.2 Å². The van der Waals surface area contributed by atoms with Crippen LogP contribution in [-0.4, -0.2) is 18.1 Å². The van der Waals surface area contributed by atoms with E-state index in [0.29, 0.717) is 6.07 Å². The van der Waals surface area contributed by atoms with E-state index in [1.54, 1.807) is 0 Å². The van der Waals surface area contributed by atoms with Crippen LogP contribution < -0.4 is 0 Å². The van der Waals surface area contributed by atoms with E-state index >= 15 is 0 Å². The van der Waals surface area contributed by atoms with Crippen molar-refractivity contribution in [2.45, 2.75) is 9.79 Å². The molecule has 10 nitrogen and oxygen atoms in total. The van der Waals surface area contributed by atoms with Crippen LogP contribution in [0, 0.1) is 14.7 Å². The van der Waals surface area contributed by atoms with Crippen LogP contribution in [0.2, 0.25) is 0 Å². The fraction of sp³-hybridized carbons (Fsp3) is 0. The number of phenolic OH excluding ortho intramolecular Hbond substituents is 1. The Balaban J connectivity index is 3.03. The van der Waals surface area contributed by atoms with Gasteiger partial charge < -0.3 is 5.11 Å². The molecule has 0 aliphatic rings. The third-order valence-corrected chi connectivity index (χ3v) is 5.16. The second-order valence-electron chi connectivity index (χ2n) is 4.04. The van der Waals surface area contributed by atoms with Gasteiger partial charge in [0.05, 0.1) is 9.79 Å². The van der Waals surface area contributed by atoms with E-state index in [4.69, 9.17) is 4.55 Å². The summed E-state index contributed by atoms with van der Waals surface area (Å²) in [7, 11) is -8.69. The number of nitrogens with zero attached hydrogens (tertiary/aromatic N) is 3. The number of hydrogen-bond acceptors (Lipinski definition) is 9. The fourth-order valence-corrected chi connectivity index (χ4v) is 3.52. The molecule has 0 aliphatic carbocycles. The third-order valence-electron chi connectivity index (χ3n) is 2.78. The van der Waals surface area contributed by atoms with Crippen molar-refractivity contribution in [2.24, 2.45) is 13.7 Å². The molecule has 2 rings (SSSR count). The summed E-state index contributed by atoms with van der Waals surface area (Å²) in [5, 5.41) is 9.59. The predicted octanol–water partition coefficient (Wildman–Crippen LogP) is 3.00. The van der Waals surface area contributed by atoms with E-state index in [2.05, 4.69) is 13.7 Å². The van der Waals surface area contributed by atoms with Gasteiger partial charge in [-0.25, -0.2) is 0 Å². The Morgan fingerprint density at radius 3 is 2.00 bits per heavy atom. The summed E-state index contributed by atoms with van der Waals surface area (Å²) in [6.45, 7) is 0. The standard InChI is InChI=1S/C10H7N3O7S2/c14-7-2-1-6-3-8(22(18,19)20)5-10(9(6)4-7)21(11-15,12-16)13-17/h1-5,14H,(H,18,19,20). The number of hydrogen-bond donors (Lipinski definition) is 2. The number of phenols is 1. The molecule has 0 amide bonds. The van der Waals surface area contributed by atoms with Crippen LogP contribution in [0.1, 0.15) is 0 Å². The minimum Gasteiger partial charge on any atom is -0.508 e. The number of aromatic hydroxyl groups is 1. The molecule has 0 aromatic heterocycles. The average Bonchev–Trinajstić information content (AvgIpc) is 2.48. The van der Waals surface area contributed by atoms with Gasteiger partial charge in [0.2, 0.25) is 0 Å². The lowest BCUT2D eigenvalue weighted by Crippen LogP contribution is -2.01. The van der Waals surface area contributed by atoms with Crippen LogP contribution in [0.25, 0.3) is 10.8 Å². The van der Waals surface area contributed by atoms with Gasteiger partial charge in [-0.3, -0.25) is 4.55 Å². The second-order valence-corrected chi connectivity index (χ2v) is 7.39. The topological polar surface area (TPSA) is 163 Å². The molecule has 2 aromatic carbocycles. The molecule has 0 fully saturated rings. The highest BCUT2D eigenvalue weighted by molar-refractivity contribution is 8.30. The molecule has 0 saturated carbocycles. The van der Waals surface area contributed by atoms with E-state index in [1.807, 2.05) is 0 Å². The highest BCUT2D eigenvalue weighted by Crippen LogP contribution is 2.61. The molecule has 22 heavy (non-hydrogen) atoms. The fourth-order valence-electron chi connectivity index (χ4n) is 1.82. The zero-order valence-corrected chi connectivity index (χ0v) is 12.1.